The molecule has 0 bridgehead atoms. The fourth-order valence-electron chi connectivity index (χ4n) is 0.980. The molecule has 2 N–H and O–H groups in total. The molecule has 88 valence electrons. The van der Waals surface area contributed by atoms with Gasteiger partial charge in [-0.05, 0) is 18.2 Å². The van der Waals surface area contributed by atoms with Gasteiger partial charge in [0.25, 0.3) is 0 Å². The Hall–Kier alpha value is -1.37. The lowest BCUT2D eigenvalue weighted by Gasteiger charge is -2.12. The van der Waals surface area contributed by atoms with Gasteiger partial charge in [-0.15, -0.1) is 0 Å². The van der Waals surface area contributed by atoms with Gasteiger partial charge in [0.2, 0.25) is 0 Å². The molecule has 1 aromatic rings. The van der Waals surface area contributed by atoms with Crippen molar-refractivity contribution < 1.29 is 22.3 Å². The highest BCUT2D eigenvalue weighted by atomic mass is 32.1. The largest absolute Gasteiger partial charge is 0.483 e. The third-order valence-corrected chi connectivity index (χ3v) is 1.82. The average molecular weight is 253 g/mol. The third kappa shape index (κ3) is 3.65. The van der Waals surface area contributed by atoms with Crippen LogP contribution < -0.4 is 10.5 Å². The van der Waals surface area contributed by atoms with Gasteiger partial charge in [-0.2, -0.15) is 13.2 Å². The second-order valence-corrected chi connectivity index (χ2v) is 3.35. The summed E-state index contributed by atoms with van der Waals surface area (Å²) in [6, 6.07) is 2.94. The summed E-state index contributed by atoms with van der Waals surface area (Å²) in [5, 5.41) is 0. The van der Waals surface area contributed by atoms with Gasteiger partial charge < -0.3 is 10.5 Å². The Morgan fingerprint density at radius 3 is 2.50 bits per heavy atom. The average Bonchev–Trinajstić information content (AvgIpc) is 2.14. The van der Waals surface area contributed by atoms with E-state index in [4.69, 9.17) is 5.73 Å². The number of hydrogen-bond acceptors (Lipinski definition) is 2. The maximum absolute atomic E-state index is 12.8. The Labute approximate surface area is 94.0 Å². The maximum atomic E-state index is 12.8. The summed E-state index contributed by atoms with van der Waals surface area (Å²) in [6.45, 7) is -1.48. The predicted molar refractivity (Wildman–Crippen MR) is 53.8 cm³/mol. The monoisotopic (exact) mass is 253 g/mol. The fourth-order valence-corrected chi connectivity index (χ4v) is 1.14. The molecule has 0 aliphatic rings. The second-order valence-electron chi connectivity index (χ2n) is 2.91. The number of ether oxygens (including phenoxy) is 1. The molecule has 0 amide bonds. The van der Waals surface area contributed by atoms with E-state index in [1.807, 2.05) is 0 Å². The van der Waals surface area contributed by atoms with E-state index in [9.17, 15) is 17.6 Å². The first-order valence-electron chi connectivity index (χ1n) is 4.08. The summed E-state index contributed by atoms with van der Waals surface area (Å²) in [5.41, 5.74) is 5.17. The molecule has 1 rings (SSSR count). The van der Waals surface area contributed by atoms with Crippen molar-refractivity contribution in [2.24, 2.45) is 5.73 Å². The van der Waals surface area contributed by atoms with Gasteiger partial charge in [0.05, 0.1) is 5.56 Å². The Balaban J connectivity index is 2.91. The zero-order valence-corrected chi connectivity index (χ0v) is 8.66. The molecule has 0 saturated carbocycles. The molecule has 2 nitrogen and oxygen atoms in total. The van der Waals surface area contributed by atoms with Crippen molar-refractivity contribution in [3.8, 4) is 5.75 Å². The van der Waals surface area contributed by atoms with Crippen molar-refractivity contribution in [2.75, 3.05) is 6.61 Å². The van der Waals surface area contributed by atoms with Crippen molar-refractivity contribution in [2.45, 2.75) is 6.18 Å². The van der Waals surface area contributed by atoms with Crippen molar-refractivity contribution in [1.29, 1.82) is 0 Å². The van der Waals surface area contributed by atoms with Gasteiger partial charge in [-0.1, -0.05) is 12.2 Å². The molecule has 0 heterocycles. The standard InChI is InChI=1S/C9H7F4NOS/c10-5-1-2-7(6(3-5)8(14)16)15-4-9(11,12)13/h1-3H,4H2,(H2,14,16). The zero-order chi connectivity index (χ0) is 12.3. The minimum absolute atomic E-state index is 0.0563. The predicted octanol–water partition coefficient (Wildman–Crippen LogP) is 2.40. The van der Waals surface area contributed by atoms with E-state index in [-0.39, 0.29) is 16.3 Å². The third-order valence-electron chi connectivity index (χ3n) is 1.60. The van der Waals surface area contributed by atoms with Gasteiger partial charge in [-0.3, -0.25) is 0 Å². The smallest absolute Gasteiger partial charge is 0.422 e. The van der Waals surface area contributed by atoms with E-state index >= 15 is 0 Å². The zero-order valence-electron chi connectivity index (χ0n) is 7.84. The van der Waals surface area contributed by atoms with Gasteiger partial charge >= 0.3 is 6.18 Å². The van der Waals surface area contributed by atoms with Gasteiger partial charge in [0.1, 0.15) is 16.6 Å². The number of hydrogen-bond donors (Lipinski definition) is 1. The van der Waals surface area contributed by atoms with Gasteiger partial charge in [0, 0.05) is 0 Å². The number of thiocarbonyl (C=S) groups is 1. The minimum atomic E-state index is -4.47. The topological polar surface area (TPSA) is 35.2 Å². The lowest BCUT2D eigenvalue weighted by Crippen LogP contribution is -2.21. The number of alkyl halides is 3. The first kappa shape index (κ1) is 12.7. The molecule has 0 aromatic heterocycles. The second kappa shape index (κ2) is 4.65. The van der Waals surface area contributed by atoms with Crippen LogP contribution in [-0.4, -0.2) is 17.8 Å². The summed E-state index contributed by atoms with van der Waals surface area (Å²) in [4.78, 5) is -0.225. The molecule has 1 aromatic carbocycles. The van der Waals surface area contributed by atoms with Gasteiger partial charge in [0.15, 0.2) is 6.61 Å². The SMILES string of the molecule is NC(=S)c1cc(F)ccc1OCC(F)(F)F. The summed E-state index contributed by atoms with van der Waals surface area (Å²) >= 11 is 4.57. The van der Waals surface area contributed by atoms with E-state index in [2.05, 4.69) is 17.0 Å². The molecular formula is C9H7F4NOS. The first-order valence-corrected chi connectivity index (χ1v) is 4.49. The first-order chi connectivity index (χ1) is 7.29. The highest BCUT2D eigenvalue weighted by Crippen LogP contribution is 2.23. The lowest BCUT2D eigenvalue weighted by molar-refractivity contribution is -0.153. The van der Waals surface area contributed by atoms with Crippen LogP contribution in [-0.2, 0) is 0 Å². The van der Waals surface area contributed by atoms with E-state index in [0.29, 0.717) is 0 Å². The Kier molecular flexibility index (Phi) is 3.69. The Morgan fingerprint density at radius 1 is 1.38 bits per heavy atom. The Bertz CT molecular complexity index is 405. The van der Waals surface area contributed by atoms with E-state index < -0.39 is 18.6 Å². The van der Waals surface area contributed by atoms with Crippen LogP contribution >= 0.6 is 12.2 Å². The highest BCUT2D eigenvalue weighted by Gasteiger charge is 2.29. The lowest BCUT2D eigenvalue weighted by atomic mass is 10.2. The number of nitrogens with two attached hydrogens (primary N) is 1. The molecule has 0 radical (unpaired) electrons. The molecule has 0 unspecified atom stereocenters. The molecule has 0 aliphatic heterocycles. The number of rotatable bonds is 3. The van der Waals surface area contributed by atoms with Crippen molar-refractivity contribution in [1.82, 2.24) is 0 Å². The van der Waals surface area contributed by atoms with Crippen LogP contribution in [0.4, 0.5) is 17.6 Å². The number of halogens is 4. The molecule has 0 spiro atoms. The van der Waals surface area contributed by atoms with Crippen LogP contribution in [0.1, 0.15) is 5.56 Å². The molecule has 0 saturated heterocycles. The summed E-state index contributed by atoms with van der Waals surface area (Å²) in [7, 11) is 0. The molecule has 0 aliphatic carbocycles. The van der Waals surface area contributed by atoms with Crippen LogP contribution in [0.3, 0.4) is 0 Å². The molecular weight excluding hydrogens is 246 g/mol. The van der Waals surface area contributed by atoms with Crippen molar-refractivity contribution in [3.05, 3.63) is 29.6 Å². The van der Waals surface area contributed by atoms with Crippen LogP contribution in [0, 0.1) is 5.82 Å². The summed E-state index contributed by atoms with van der Waals surface area (Å²) in [6.07, 6.45) is -4.47. The molecule has 0 atom stereocenters. The normalized spacial score (nSPS) is 11.2. The maximum Gasteiger partial charge on any atom is 0.422 e. The highest BCUT2D eigenvalue weighted by molar-refractivity contribution is 7.80. The van der Waals surface area contributed by atoms with Gasteiger partial charge in [-0.25, -0.2) is 4.39 Å². The van der Waals surface area contributed by atoms with Crippen molar-refractivity contribution in [3.63, 3.8) is 0 Å². The molecule has 7 heteroatoms. The minimum Gasteiger partial charge on any atom is -0.483 e. The van der Waals surface area contributed by atoms with Crippen LogP contribution in [0.25, 0.3) is 0 Å². The Morgan fingerprint density at radius 2 is 2.00 bits per heavy atom. The van der Waals surface area contributed by atoms with Crippen molar-refractivity contribution >= 4 is 17.2 Å². The summed E-state index contributed by atoms with van der Waals surface area (Å²) < 4.78 is 52.9. The van der Waals surface area contributed by atoms with E-state index in [1.165, 1.54) is 0 Å². The van der Waals surface area contributed by atoms with E-state index in [0.717, 1.165) is 18.2 Å². The van der Waals surface area contributed by atoms with Crippen LogP contribution in [0.5, 0.6) is 5.75 Å². The number of benzene rings is 1. The summed E-state index contributed by atoms with van der Waals surface area (Å²) in [5.74, 6) is -0.839. The molecule has 0 fully saturated rings. The fraction of sp³-hybridized carbons (Fsp3) is 0.222. The van der Waals surface area contributed by atoms with E-state index in [1.54, 1.807) is 0 Å². The quantitative estimate of drug-likeness (QED) is 0.663. The molecule has 16 heavy (non-hydrogen) atoms. The van der Waals surface area contributed by atoms with Crippen LogP contribution in [0.15, 0.2) is 18.2 Å². The van der Waals surface area contributed by atoms with Crippen LogP contribution in [0.2, 0.25) is 0 Å².